The third kappa shape index (κ3) is 3.76. The van der Waals surface area contributed by atoms with Gasteiger partial charge in [-0.2, -0.15) is 0 Å². The third-order valence-corrected chi connectivity index (χ3v) is 5.38. The van der Waals surface area contributed by atoms with Crippen molar-refractivity contribution < 1.29 is 14.6 Å². The number of piperidine rings is 1. The van der Waals surface area contributed by atoms with Crippen LogP contribution in [-0.4, -0.2) is 40.7 Å². The highest BCUT2D eigenvalue weighted by Gasteiger charge is 2.42. The zero-order valence-electron chi connectivity index (χ0n) is 15.6. The molecule has 2 aromatic carbocycles. The Hall–Kier alpha value is -3.15. The van der Waals surface area contributed by atoms with Crippen LogP contribution in [0.5, 0.6) is 5.75 Å². The van der Waals surface area contributed by atoms with Crippen molar-refractivity contribution in [3.8, 4) is 5.75 Å². The Morgan fingerprint density at radius 2 is 1.86 bits per heavy atom. The minimum atomic E-state index is -0.847. The molecule has 1 aliphatic rings. The zero-order valence-corrected chi connectivity index (χ0v) is 15.6. The number of ether oxygens (including phenoxy) is 1. The zero-order chi connectivity index (χ0) is 19.4. The normalized spacial score (nSPS) is 19.5. The van der Waals surface area contributed by atoms with Crippen LogP contribution in [0.3, 0.4) is 0 Å². The number of aliphatic carboxylic acids is 1. The van der Waals surface area contributed by atoms with Crippen molar-refractivity contribution >= 4 is 22.8 Å². The number of para-hydroxylation sites is 3. The molecule has 1 fully saturated rings. The van der Waals surface area contributed by atoms with Crippen molar-refractivity contribution in [2.75, 3.05) is 24.6 Å². The summed E-state index contributed by atoms with van der Waals surface area (Å²) in [5.74, 6) is 0.715. The minimum Gasteiger partial charge on any atom is -0.494 e. The van der Waals surface area contributed by atoms with Crippen LogP contribution in [-0.2, 0) is 4.79 Å². The summed E-state index contributed by atoms with van der Waals surface area (Å²) in [4.78, 5) is 23.4. The highest BCUT2D eigenvalue weighted by molar-refractivity contribution is 5.77. The predicted molar refractivity (Wildman–Crippen MR) is 108 cm³/mol. The topological polar surface area (TPSA) is 75.6 Å². The Labute approximate surface area is 163 Å². The molecule has 2 heterocycles. The van der Waals surface area contributed by atoms with Gasteiger partial charge in [-0.1, -0.05) is 30.3 Å². The highest BCUT2D eigenvalue weighted by Crippen LogP contribution is 2.36. The molecule has 144 valence electrons. The summed E-state index contributed by atoms with van der Waals surface area (Å²) < 4.78 is 5.77. The van der Waals surface area contributed by atoms with E-state index in [1.807, 2.05) is 59.5 Å². The average Bonchev–Trinajstić information content (AvgIpc) is 2.74. The molecule has 1 aliphatic heterocycles. The van der Waals surface area contributed by atoms with Crippen LogP contribution in [0.1, 0.15) is 19.3 Å². The van der Waals surface area contributed by atoms with Gasteiger partial charge in [-0.15, -0.1) is 0 Å². The van der Waals surface area contributed by atoms with Gasteiger partial charge in [-0.3, -0.25) is 9.78 Å². The van der Waals surface area contributed by atoms with Gasteiger partial charge in [0.2, 0.25) is 0 Å². The van der Waals surface area contributed by atoms with Crippen molar-refractivity contribution in [3.05, 3.63) is 60.8 Å². The maximum Gasteiger partial charge on any atom is 0.311 e. The van der Waals surface area contributed by atoms with E-state index in [1.165, 1.54) is 0 Å². The predicted octanol–water partition coefficient (Wildman–Crippen LogP) is 3.77. The molecule has 1 saturated heterocycles. The lowest BCUT2D eigenvalue weighted by Crippen LogP contribution is -2.49. The molecule has 28 heavy (non-hydrogen) atoms. The van der Waals surface area contributed by atoms with E-state index in [9.17, 15) is 9.90 Å². The second-order valence-electron chi connectivity index (χ2n) is 7.24. The van der Waals surface area contributed by atoms with Crippen LogP contribution in [0.2, 0.25) is 0 Å². The third-order valence-electron chi connectivity index (χ3n) is 5.38. The second-order valence-corrected chi connectivity index (χ2v) is 7.24. The van der Waals surface area contributed by atoms with Crippen molar-refractivity contribution in [1.29, 1.82) is 0 Å². The van der Waals surface area contributed by atoms with Gasteiger partial charge in [0.15, 0.2) is 0 Å². The van der Waals surface area contributed by atoms with E-state index in [2.05, 4.69) is 4.98 Å². The van der Waals surface area contributed by atoms with Gasteiger partial charge in [0, 0.05) is 13.1 Å². The number of benzene rings is 2. The molecule has 6 heteroatoms. The number of aromatic nitrogens is 2. The fraction of sp³-hybridized carbons (Fsp3) is 0.318. The van der Waals surface area contributed by atoms with Crippen LogP contribution >= 0.6 is 0 Å². The van der Waals surface area contributed by atoms with Gasteiger partial charge in [0.1, 0.15) is 11.6 Å². The Bertz CT molecular complexity index is 963. The Morgan fingerprint density at radius 3 is 2.64 bits per heavy atom. The van der Waals surface area contributed by atoms with Crippen LogP contribution in [0, 0.1) is 5.41 Å². The van der Waals surface area contributed by atoms with E-state index in [0.717, 1.165) is 35.6 Å². The minimum absolute atomic E-state index is 0.369. The first-order chi connectivity index (χ1) is 13.7. The standard InChI is InChI=1S/C22H23N3O3/c26-21(27)22(12-14-28-17-7-2-1-3-8-17)11-6-13-25(16-22)20-15-23-18-9-4-5-10-19(18)24-20/h1-5,7-10,15H,6,11-14,16H2,(H,26,27)/t22-/m0/s1. The summed E-state index contributed by atoms with van der Waals surface area (Å²) in [6.07, 6.45) is 3.62. The number of carboxylic acids is 1. The maximum absolute atomic E-state index is 12.2. The van der Waals surface area contributed by atoms with Crippen LogP contribution < -0.4 is 9.64 Å². The lowest BCUT2D eigenvalue weighted by Gasteiger charge is -2.40. The van der Waals surface area contributed by atoms with Crippen LogP contribution in [0.15, 0.2) is 60.8 Å². The number of carbonyl (C=O) groups is 1. The van der Waals surface area contributed by atoms with Gasteiger partial charge < -0.3 is 14.7 Å². The largest absolute Gasteiger partial charge is 0.494 e. The van der Waals surface area contributed by atoms with E-state index in [1.54, 1.807) is 6.20 Å². The molecule has 1 N–H and O–H groups in total. The Morgan fingerprint density at radius 1 is 1.11 bits per heavy atom. The van der Waals surface area contributed by atoms with Crippen molar-refractivity contribution in [2.45, 2.75) is 19.3 Å². The fourth-order valence-electron chi connectivity index (χ4n) is 3.79. The number of hydrogen-bond donors (Lipinski definition) is 1. The summed E-state index contributed by atoms with van der Waals surface area (Å²) >= 11 is 0. The summed E-state index contributed by atoms with van der Waals surface area (Å²) in [5.41, 5.74) is 0.809. The van der Waals surface area contributed by atoms with E-state index in [4.69, 9.17) is 9.72 Å². The smallest absolute Gasteiger partial charge is 0.311 e. The van der Waals surface area contributed by atoms with Crippen molar-refractivity contribution in [1.82, 2.24) is 9.97 Å². The molecular weight excluding hydrogens is 354 g/mol. The number of rotatable bonds is 6. The number of fused-ring (bicyclic) bond motifs is 1. The molecule has 0 saturated carbocycles. The lowest BCUT2D eigenvalue weighted by atomic mass is 9.77. The van der Waals surface area contributed by atoms with Crippen molar-refractivity contribution in [3.63, 3.8) is 0 Å². The summed E-state index contributed by atoms with van der Waals surface area (Å²) in [5, 5.41) is 10.0. The molecule has 0 radical (unpaired) electrons. The summed E-state index contributed by atoms with van der Waals surface area (Å²) in [6, 6.07) is 17.2. The monoisotopic (exact) mass is 377 g/mol. The molecule has 1 atom stereocenters. The van der Waals surface area contributed by atoms with E-state index >= 15 is 0 Å². The molecular formula is C22H23N3O3. The van der Waals surface area contributed by atoms with E-state index < -0.39 is 11.4 Å². The molecule has 0 bridgehead atoms. The van der Waals surface area contributed by atoms with Crippen molar-refractivity contribution in [2.24, 2.45) is 5.41 Å². The summed E-state index contributed by atoms with van der Waals surface area (Å²) in [6.45, 7) is 1.56. The Balaban J connectivity index is 1.50. The quantitative estimate of drug-likeness (QED) is 0.705. The molecule has 0 spiro atoms. The second kappa shape index (κ2) is 7.84. The number of hydrogen-bond acceptors (Lipinski definition) is 5. The fourth-order valence-corrected chi connectivity index (χ4v) is 3.79. The van der Waals surface area contributed by atoms with Gasteiger partial charge in [0.25, 0.3) is 0 Å². The molecule has 1 aromatic heterocycles. The molecule has 6 nitrogen and oxygen atoms in total. The first kappa shape index (κ1) is 18.2. The first-order valence-electron chi connectivity index (χ1n) is 9.54. The molecule has 0 aliphatic carbocycles. The molecule has 3 aromatic rings. The first-order valence-corrected chi connectivity index (χ1v) is 9.54. The Kier molecular flexibility index (Phi) is 5.10. The van der Waals surface area contributed by atoms with Gasteiger partial charge in [-0.05, 0) is 43.5 Å². The maximum atomic E-state index is 12.2. The molecule has 0 unspecified atom stereocenters. The highest BCUT2D eigenvalue weighted by atomic mass is 16.5. The lowest BCUT2D eigenvalue weighted by molar-refractivity contribution is -0.150. The number of nitrogens with zero attached hydrogens (tertiary/aromatic N) is 3. The van der Waals surface area contributed by atoms with Gasteiger partial charge in [-0.25, -0.2) is 4.98 Å². The van der Waals surface area contributed by atoms with Gasteiger partial charge >= 0.3 is 5.97 Å². The van der Waals surface area contributed by atoms with E-state index in [-0.39, 0.29) is 0 Å². The van der Waals surface area contributed by atoms with Gasteiger partial charge in [0.05, 0.1) is 29.3 Å². The average molecular weight is 377 g/mol. The number of carboxylic acid groups (broad SMARTS) is 1. The SMILES string of the molecule is O=C(O)[C@]1(CCOc2ccccc2)CCCN(c2cnc3ccccc3n2)C1. The van der Waals surface area contributed by atoms with E-state index in [0.29, 0.717) is 26.0 Å². The summed E-state index contributed by atoms with van der Waals surface area (Å²) in [7, 11) is 0. The number of anilines is 1. The molecule has 0 amide bonds. The molecule has 4 rings (SSSR count). The van der Waals surface area contributed by atoms with Crippen LogP contribution in [0.25, 0.3) is 11.0 Å². The van der Waals surface area contributed by atoms with Crippen LogP contribution in [0.4, 0.5) is 5.82 Å².